The van der Waals surface area contributed by atoms with Gasteiger partial charge in [-0.2, -0.15) is 0 Å². The number of hydrazine groups is 1. The second-order valence-electron chi connectivity index (χ2n) is 9.24. The fourth-order valence-corrected chi connectivity index (χ4v) is 7.27. The van der Waals surface area contributed by atoms with Crippen LogP contribution >= 0.6 is 0 Å². The van der Waals surface area contributed by atoms with Crippen molar-refractivity contribution < 1.29 is 22.8 Å². The summed E-state index contributed by atoms with van der Waals surface area (Å²) in [7, 11) is -4.06. The lowest BCUT2D eigenvalue weighted by Gasteiger charge is -2.56. The van der Waals surface area contributed by atoms with Gasteiger partial charge in [-0.3, -0.25) is 25.1 Å². The Bertz CT molecular complexity index is 997. The summed E-state index contributed by atoms with van der Waals surface area (Å²) in [5, 5.41) is 2.12. The highest BCUT2D eigenvalue weighted by Crippen LogP contribution is 2.61. The molecule has 1 aromatic rings. The van der Waals surface area contributed by atoms with Crippen LogP contribution in [0.25, 0.3) is 0 Å². The van der Waals surface area contributed by atoms with Gasteiger partial charge in [0.1, 0.15) is 0 Å². The molecule has 5 aliphatic rings. The molecule has 4 saturated carbocycles. The lowest BCUT2D eigenvalue weighted by atomic mass is 9.49. The third kappa shape index (κ3) is 3.26. The summed E-state index contributed by atoms with van der Waals surface area (Å²) < 4.78 is 25.1. The highest BCUT2D eigenvalue weighted by molar-refractivity contribution is 7.89. The maximum absolute atomic E-state index is 12.5. The van der Waals surface area contributed by atoms with Crippen molar-refractivity contribution in [3.8, 4) is 0 Å². The van der Waals surface area contributed by atoms with E-state index in [1.807, 2.05) is 0 Å². The first-order chi connectivity index (χ1) is 13.7. The van der Waals surface area contributed by atoms with Gasteiger partial charge >= 0.3 is 0 Å². The Hall–Kier alpha value is -2.26. The molecule has 3 N–H and O–H groups in total. The molecular formula is C20H23N3O5S. The minimum absolute atomic E-state index is 0.0102. The minimum Gasteiger partial charge on any atom is -0.288 e. The molecule has 0 spiro atoms. The zero-order valence-corrected chi connectivity index (χ0v) is 16.7. The van der Waals surface area contributed by atoms with Gasteiger partial charge in [0.25, 0.3) is 21.8 Å². The largest absolute Gasteiger partial charge is 0.288 e. The number of rotatable bonds is 5. The van der Waals surface area contributed by atoms with Crippen molar-refractivity contribution in [2.75, 3.05) is 0 Å². The lowest BCUT2D eigenvalue weighted by molar-refractivity contribution is -0.129. The molecule has 4 fully saturated rings. The Balaban J connectivity index is 1.25. The molecule has 0 unspecified atom stereocenters. The van der Waals surface area contributed by atoms with E-state index >= 15 is 0 Å². The standard InChI is InChI=1S/C20H23N3O5S/c24-17(10-20-7-11-3-12(8-20)5-13(4-11)9-20)22-23-29(27,28)14-1-2-15-16(6-14)19(26)21-18(15)25/h1-2,6,11-13,23H,3-5,7-10H2,(H,22,24)(H,21,25,26). The van der Waals surface area contributed by atoms with Crippen LogP contribution in [0.1, 0.15) is 65.7 Å². The Morgan fingerprint density at radius 1 is 1.00 bits per heavy atom. The van der Waals surface area contributed by atoms with Crippen molar-refractivity contribution >= 4 is 27.7 Å². The van der Waals surface area contributed by atoms with Crippen LogP contribution < -0.4 is 15.6 Å². The molecule has 1 heterocycles. The van der Waals surface area contributed by atoms with Gasteiger partial charge in [-0.15, -0.1) is 4.83 Å². The average Bonchev–Trinajstić information content (AvgIpc) is 2.92. The van der Waals surface area contributed by atoms with Crippen LogP contribution in [0.5, 0.6) is 0 Å². The maximum Gasteiger partial charge on any atom is 0.258 e. The van der Waals surface area contributed by atoms with Crippen molar-refractivity contribution in [2.45, 2.75) is 49.8 Å². The molecule has 0 aromatic heterocycles. The van der Waals surface area contributed by atoms with Gasteiger partial charge in [-0.1, -0.05) is 0 Å². The molecule has 1 aromatic carbocycles. The first-order valence-corrected chi connectivity index (χ1v) is 11.5. The quantitative estimate of drug-likeness (QED) is 0.495. The van der Waals surface area contributed by atoms with E-state index < -0.39 is 21.8 Å². The number of imide groups is 1. The van der Waals surface area contributed by atoms with Gasteiger partial charge in [-0.05, 0) is 79.9 Å². The van der Waals surface area contributed by atoms with Crippen LogP contribution in [0.15, 0.2) is 23.1 Å². The summed E-state index contributed by atoms with van der Waals surface area (Å²) >= 11 is 0. The fourth-order valence-electron chi connectivity index (χ4n) is 6.39. The summed E-state index contributed by atoms with van der Waals surface area (Å²) in [5.74, 6) is 0.631. The van der Waals surface area contributed by atoms with Gasteiger partial charge in [0.05, 0.1) is 16.0 Å². The highest BCUT2D eigenvalue weighted by atomic mass is 32.2. The summed E-state index contributed by atoms with van der Waals surface area (Å²) in [4.78, 5) is 37.8. The third-order valence-electron chi connectivity index (χ3n) is 7.04. The monoisotopic (exact) mass is 417 g/mol. The summed E-state index contributed by atoms with van der Waals surface area (Å²) in [6.07, 6.45) is 7.36. The number of benzene rings is 1. The average molecular weight is 417 g/mol. The molecule has 4 aliphatic carbocycles. The predicted octanol–water partition coefficient (Wildman–Crippen LogP) is 1.49. The van der Waals surface area contributed by atoms with Gasteiger partial charge in [0, 0.05) is 6.42 Å². The first kappa shape index (κ1) is 18.7. The molecule has 29 heavy (non-hydrogen) atoms. The Labute approximate surface area is 168 Å². The minimum atomic E-state index is -4.06. The number of hydrogen-bond acceptors (Lipinski definition) is 5. The second-order valence-corrected chi connectivity index (χ2v) is 10.9. The number of nitrogens with one attached hydrogen (secondary N) is 3. The van der Waals surface area contributed by atoms with E-state index in [9.17, 15) is 22.8 Å². The molecule has 0 saturated heterocycles. The molecule has 1 aliphatic heterocycles. The molecule has 3 amide bonds. The third-order valence-corrected chi connectivity index (χ3v) is 8.29. The predicted molar refractivity (Wildman–Crippen MR) is 102 cm³/mol. The Kier molecular flexibility index (Phi) is 4.12. The van der Waals surface area contributed by atoms with Crippen LogP contribution in [0.4, 0.5) is 0 Å². The number of fused-ring (bicyclic) bond motifs is 1. The topological polar surface area (TPSA) is 121 Å². The molecular weight excluding hydrogens is 394 g/mol. The van der Waals surface area contributed by atoms with Crippen LogP contribution in [0.3, 0.4) is 0 Å². The molecule has 154 valence electrons. The van der Waals surface area contributed by atoms with Crippen LogP contribution in [0, 0.1) is 23.2 Å². The molecule has 6 rings (SSSR count). The lowest BCUT2D eigenvalue weighted by Crippen LogP contribution is -2.50. The highest BCUT2D eigenvalue weighted by Gasteiger charge is 2.51. The summed E-state index contributed by atoms with van der Waals surface area (Å²) in [6.45, 7) is 0. The fraction of sp³-hybridized carbons (Fsp3) is 0.550. The van der Waals surface area contributed by atoms with E-state index in [4.69, 9.17) is 0 Å². The van der Waals surface area contributed by atoms with Gasteiger partial charge < -0.3 is 0 Å². The molecule has 0 radical (unpaired) electrons. The maximum atomic E-state index is 12.5. The number of hydrogen-bond donors (Lipinski definition) is 3. The number of carbonyl (C=O) groups excluding carboxylic acids is 3. The Morgan fingerprint density at radius 2 is 1.59 bits per heavy atom. The van der Waals surface area contributed by atoms with E-state index in [-0.39, 0.29) is 27.3 Å². The van der Waals surface area contributed by atoms with Gasteiger partial charge in [0.15, 0.2) is 0 Å². The molecule has 4 bridgehead atoms. The summed E-state index contributed by atoms with van der Waals surface area (Å²) in [5.41, 5.74) is 2.50. The Morgan fingerprint density at radius 3 is 2.21 bits per heavy atom. The second kappa shape index (κ2) is 6.37. The SMILES string of the molecule is O=C(CC12CC3CC(CC(C3)C1)C2)NNS(=O)(=O)c1ccc2c(c1)C(=O)NC2=O. The van der Waals surface area contributed by atoms with Crippen molar-refractivity contribution in [1.29, 1.82) is 0 Å². The molecule has 0 atom stereocenters. The van der Waals surface area contributed by atoms with E-state index in [0.717, 1.165) is 25.3 Å². The smallest absolute Gasteiger partial charge is 0.258 e. The molecule has 8 nitrogen and oxygen atoms in total. The van der Waals surface area contributed by atoms with E-state index in [2.05, 4.69) is 15.6 Å². The normalized spacial score (nSPS) is 32.2. The van der Waals surface area contributed by atoms with Crippen molar-refractivity contribution in [3.05, 3.63) is 29.3 Å². The van der Waals surface area contributed by atoms with Gasteiger partial charge in [0.2, 0.25) is 5.91 Å². The van der Waals surface area contributed by atoms with Crippen molar-refractivity contribution in [3.63, 3.8) is 0 Å². The van der Waals surface area contributed by atoms with Crippen LogP contribution in [0.2, 0.25) is 0 Å². The van der Waals surface area contributed by atoms with Crippen molar-refractivity contribution in [1.82, 2.24) is 15.6 Å². The van der Waals surface area contributed by atoms with Crippen molar-refractivity contribution in [2.24, 2.45) is 23.2 Å². The zero-order valence-electron chi connectivity index (χ0n) is 15.9. The number of amides is 3. The van der Waals surface area contributed by atoms with E-state index in [1.165, 1.54) is 31.4 Å². The van der Waals surface area contributed by atoms with Crippen LogP contribution in [-0.4, -0.2) is 26.1 Å². The van der Waals surface area contributed by atoms with E-state index in [0.29, 0.717) is 24.2 Å². The zero-order chi connectivity index (χ0) is 20.4. The number of sulfonamides is 1. The first-order valence-electron chi connectivity index (χ1n) is 10.0. The van der Waals surface area contributed by atoms with E-state index in [1.54, 1.807) is 0 Å². The molecule has 9 heteroatoms. The van der Waals surface area contributed by atoms with Crippen LogP contribution in [-0.2, 0) is 14.8 Å². The van der Waals surface area contributed by atoms with Gasteiger partial charge in [-0.25, -0.2) is 8.42 Å². The summed E-state index contributed by atoms with van der Waals surface area (Å²) in [6, 6.07) is 3.68. The number of carbonyl (C=O) groups is 3.